The van der Waals surface area contributed by atoms with Crippen molar-refractivity contribution in [2.24, 2.45) is 0 Å². The van der Waals surface area contributed by atoms with E-state index in [9.17, 15) is 4.79 Å². The quantitative estimate of drug-likeness (QED) is 0.869. The Kier molecular flexibility index (Phi) is 5.94. The van der Waals surface area contributed by atoms with Gasteiger partial charge in [0.05, 0.1) is 11.6 Å². The van der Waals surface area contributed by atoms with Crippen molar-refractivity contribution < 1.29 is 4.79 Å². The fourth-order valence-corrected chi connectivity index (χ4v) is 3.03. The molecule has 26 heavy (non-hydrogen) atoms. The Labute approximate surface area is 161 Å². The third-order valence-corrected chi connectivity index (χ3v) is 4.69. The van der Waals surface area contributed by atoms with Gasteiger partial charge in [0.1, 0.15) is 11.9 Å². The average molecular weight is 390 g/mol. The maximum Gasteiger partial charge on any atom is 0.238 e. The summed E-state index contributed by atoms with van der Waals surface area (Å²) < 4.78 is 0. The zero-order valence-electron chi connectivity index (χ0n) is 14.0. The molecule has 0 saturated carbocycles. The van der Waals surface area contributed by atoms with Gasteiger partial charge in [-0.15, -0.1) is 0 Å². The minimum atomic E-state index is -0.0582. The summed E-state index contributed by atoms with van der Waals surface area (Å²) in [5.41, 5.74) is 0.960. The highest BCUT2D eigenvalue weighted by atomic mass is 35.5. The first kappa shape index (κ1) is 18.5. The lowest BCUT2D eigenvalue weighted by Gasteiger charge is -2.35. The summed E-state index contributed by atoms with van der Waals surface area (Å²) in [6.45, 7) is 3.26. The minimum Gasteiger partial charge on any atom is -0.354 e. The van der Waals surface area contributed by atoms with E-state index in [4.69, 9.17) is 28.5 Å². The molecule has 0 aliphatic carbocycles. The number of nitrogens with one attached hydrogen (secondary N) is 1. The molecule has 0 unspecified atom stereocenters. The van der Waals surface area contributed by atoms with E-state index in [-0.39, 0.29) is 11.6 Å². The number of hydrogen-bond acceptors (Lipinski definition) is 5. The summed E-state index contributed by atoms with van der Waals surface area (Å²) in [6.07, 6.45) is 0. The Morgan fingerprint density at radius 3 is 2.46 bits per heavy atom. The topological polar surface area (TPSA) is 72.3 Å². The molecule has 3 rings (SSSR count). The molecule has 0 spiro atoms. The summed E-state index contributed by atoms with van der Waals surface area (Å²) >= 11 is 11.8. The highest BCUT2D eigenvalue weighted by molar-refractivity contribution is 6.31. The van der Waals surface area contributed by atoms with E-state index in [1.807, 2.05) is 12.1 Å². The van der Waals surface area contributed by atoms with Crippen LogP contribution < -0.4 is 10.2 Å². The van der Waals surface area contributed by atoms with Gasteiger partial charge >= 0.3 is 0 Å². The lowest BCUT2D eigenvalue weighted by Crippen LogP contribution is -2.49. The molecule has 2 heterocycles. The van der Waals surface area contributed by atoms with Crippen LogP contribution in [0.25, 0.3) is 0 Å². The van der Waals surface area contributed by atoms with Gasteiger partial charge in [0.15, 0.2) is 5.69 Å². The molecule has 1 amide bonds. The van der Waals surface area contributed by atoms with Gasteiger partial charge in [0, 0.05) is 36.9 Å². The lowest BCUT2D eigenvalue weighted by atomic mass is 10.2. The summed E-state index contributed by atoms with van der Waals surface area (Å²) in [7, 11) is 0. The molecule has 0 atom stereocenters. The number of carbonyl (C=O) groups excluding carboxylic acids is 1. The Hall–Kier alpha value is -2.33. The zero-order chi connectivity index (χ0) is 18.5. The van der Waals surface area contributed by atoms with Crippen molar-refractivity contribution >= 4 is 40.6 Å². The highest BCUT2D eigenvalue weighted by Gasteiger charge is 2.20. The molecular weight excluding hydrogens is 373 g/mol. The maximum atomic E-state index is 12.2. The van der Waals surface area contributed by atoms with E-state index in [2.05, 4.69) is 20.1 Å². The van der Waals surface area contributed by atoms with Crippen LogP contribution in [0.4, 0.5) is 11.5 Å². The number of carbonyl (C=O) groups is 1. The van der Waals surface area contributed by atoms with Gasteiger partial charge in [0.2, 0.25) is 5.91 Å². The Morgan fingerprint density at radius 2 is 1.81 bits per heavy atom. The molecule has 1 fully saturated rings. The number of amides is 1. The van der Waals surface area contributed by atoms with Crippen LogP contribution in [0.1, 0.15) is 5.69 Å². The van der Waals surface area contributed by atoms with Gasteiger partial charge in [-0.05, 0) is 36.4 Å². The number of piperazine rings is 1. The first-order valence-corrected chi connectivity index (χ1v) is 8.90. The van der Waals surface area contributed by atoms with E-state index in [1.165, 1.54) is 0 Å². The Bertz CT molecular complexity index is 826. The van der Waals surface area contributed by atoms with E-state index >= 15 is 0 Å². The number of aromatic nitrogens is 1. The second-order valence-electron chi connectivity index (χ2n) is 5.93. The van der Waals surface area contributed by atoms with Crippen LogP contribution >= 0.6 is 23.2 Å². The molecule has 2 aromatic rings. The van der Waals surface area contributed by atoms with Gasteiger partial charge in [-0.2, -0.15) is 5.26 Å². The largest absolute Gasteiger partial charge is 0.354 e. The molecule has 1 N–H and O–H groups in total. The molecule has 8 heteroatoms. The third kappa shape index (κ3) is 4.64. The molecule has 1 aromatic heterocycles. The summed E-state index contributed by atoms with van der Waals surface area (Å²) in [6, 6.07) is 12.5. The van der Waals surface area contributed by atoms with Gasteiger partial charge in [-0.25, -0.2) is 4.98 Å². The summed E-state index contributed by atoms with van der Waals surface area (Å²) in [5, 5.41) is 12.9. The Morgan fingerprint density at radius 1 is 1.12 bits per heavy atom. The molecule has 1 aliphatic heterocycles. The molecule has 6 nitrogen and oxygen atoms in total. The van der Waals surface area contributed by atoms with Gasteiger partial charge < -0.3 is 10.2 Å². The number of rotatable bonds is 4. The van der Waals surface area contributed by atoms with Crippen LogP contribution in [0.2, 0.25) is 10.0 Å². The predicted octanol–water partition coefficient (Wildman–Crippen LogP) is 3.02. The smallest absolute Gasteiger partial charge is 0.238 e. The number of halogens is 2. The average Bonchev–Trinajstić information content (AvgIpc) is 2.65. The van der Waals surface area contributed by atoms with Crippen molar-refractivity contribution in [2.75, 3.05) is 42.9 Å². The normalized spacial score (nSPS) is 14.7. The number of hydrogen-bond donors (Lipinski definition) is 1. The number of benzene rings is 1. The van der Waals surface area contributed by atoms with Crippen molar-refractivity contribution in [3.63, 3.8) is 0 Å². The number of nitriles is 1. The first-order chi connectivity index (χ1) is 12.5. The number of nitrogens with zero attached hydrogens (tertiary/aromatic N) is 4. The number of pyridine rings is 1. The van der Waals surface area contributed by atoms with Crippen molar-refractivity contribution in [3.05, 3.63) is 52.1 Å². The van der Waals surface area contributed by atoms with E-state index < -0.39 is 0 Å². The van der Waals surface area contributed by atoms with Crippen LogP contribution in [0.15, 0.2) is 36.4 Å². The van der Waals surface area contributed by atoms with Crippen LogP contribution in [-0.2, 0) is 4.79 Å². The van der Waals surface area contributed by atoms with Crippen LogP contribution in [0.3, 0.4) is 0 Å². The molecular formula is C18H17Cl2N5O. The van der Waals surface area contributed by atoms with Gasteiger partial charge in [0.25, 0.3) is 0 Å². The predicted molar refractivity (Wildman–Crippen MR) is 103 cm³/mol. The van der Waals surface area contributed by atoms with Crippen LogP contribution in [0, 0.1) is 11.3 Å². The fourth-order valence-electron chi connectivity index (χ4n) is 2.76. The maximum absolute atomic E-state index is 12.2. The second-order valence-corrected chi connectivity index (χ2v) is 6.77. The highest BCUT2D eigenvalue weighted by Crippen LogP contribution is 2.20. The van der Waals surface area contributed by atoms with Crippen LogP contribution in [0.5, 0.6) is 0 Å². The lowest BCUT2D eigenvalue weighted by molar-refractivity contribution is -0.117. The van der Waals surface area contributed by atoms with Crippen LogP contribution in [-0.4, -0.2) is 48.5 Å². The van der Waals surface area contributed by atoms with Crippen molar-refractivity contribution in [1.29, 1.82) is 5.26 Å². The fraction of sp³-hybridized carbons (Fsp3) is 0.278. The second kappa shape index (κ2) is 8.37. The van der Waals surface area contributed by atoms with Gasteiger partial charge in [-0.3, -0.25) is 9.69 Å². The first-order valence-electron chi connectivity index (χ1n) is 8.14. The van der Waals surface area contributed by atoms with E-state index in [0.717, 1.165) is 37.7 Å². The minimum absolute atomic E-state index is 0.0582. The van der Waals surface area contributed by atoms with Crippen molar-refractivity contribution in [3.8, 4) is 6.07 Å². The summed E-state index contributed by atoms with van der Waals surface area (Å²) in [5.74, 6) is 0.674. The monoisotopic (exact) mass is 389 g/mol. The SMILES string of the molecule is N#Cc1nc(N2CCN(CC(=O)Nc3ccc(Cl)cc3)CC2)ccc1Cl. The molecule has 1 aromatic carbocycles. The van der Waals surface area contributed by atoms with E-state index in [1.54, 1.807) is 30.3 Å². The standard InChI is InChI=1S/C18H17Cl2N5O/c19-13-1-3-14(4-2-13)22-18(26)12-24-7-9-25(10-8-24)17-6-5-15(20)16(11-21)23-17/h1-6H,7-10,12H2,(H,22,26). The molecule has 0 bridgehead atoms. The zero-order valence-corrected chi connectivity index (χ0v) is 15.5. The summed E-state index contributed by atoms with van der Waals surface area (Å²) in [4.78, 5) is 20.6. The molecule has 0 radical (unpaired) electrons. The van der Waals surface area contributed by atoms with Crippen molar-refractivity contribution in [2.45, 2.75) is 0 Å². The molecule has 134 valence electrons. The Balaban J connectivity index is 1.51. The van der Waals surface area contributed by atoms with Gasteiger partial charge in [-0.1, -0.05) is 23.2 Å². The number of anilines is 2. The van der Waals surface area contributed by atoms with Crippen molar-refractivity contribution in [1.82, 2.24) is 9.88 Å². The third-order valence-electron chi connectivity index (χ3n) is 4.13. The van der Waals surface area contributed by atoms with E-state index in [0.29, 0.717) is 16.6 Å². The molecule has 1 aliphatic rings. The molecule has 1 saturated heterocycles.